The number of hydrogen-bond donors (Lipinski definition) is 1. The van der Waals surface area contributed by atoms with Gasteiger partial charge in [-0.3, -0.25) is 0 Å². The van der Waals surface area contributed by atoms with E-state index in [1.54, 1.807) is 12.0 Å². The van der Waals surface area contributed by atoms with Crippen molar-refractivity contribution in [1.82, 2.24) is 9.80 Å². The number of benzene rings is 1. The molecule has 4 atom stereocenters. The quantitative estimate of drug-likeness (QED) is 0.340. The van der Waals surface area contributed by atoms with Gasteiger partial charge in [0, 0.05) is 0 Å². The van der Waals surface area contributed by atoms with Crippen LogP contribution in [0, 0.1) is 5.92 Å². The monoisotopic (exact) mass is 591 g/mol. The number of nitrogens with two attached hydrogens (primary N) is 1. The number of methoxy groups -OCH3 is 1. The molecule has 1 aromatic carbocycles. The van der Waals surface area contributed by atoms with E-state index in [1.807, 2.05) is 42.2 Å². The van der Waals surface area contributed by atoms with E-state index in [4.69, 9.17) is 29.4 Å². The fourth-order valence-electron chi connectivity index (χ4n) is 6.50. The summed E-state index contributed by atoms with van der Waals surface area (Å²) in [5, 5.41) is 0. The zero-order valence-corrected chi connectivity index (χ0v) is 23.0. The predicted octanol–water partition coefficient (Wildman–Crippen LogP) is -0.173. The number of fused-ring (bicyclic) bond motifs is 4. The summed E-state index contributed by atoms with van der Waals surface area (Å²) in [7, 11) is 1.55. The Kier molecular flexibility index (Phi) is 6.08. The van der Waals surface area contributed by atoms with Crippen molar-refractivity contribution < 1.29 is 38.1 Å². The van der Waals surface area contributed by atoms with Crippen LogP contribution in [0.5, 0.6) is 0 Å². The van der Waals surface area contributed by atoms with Gasteiger partial charge in [-0.1, -0.05) is 0 Å². The number of Topliss-reactive ketones (excluding diaryl/α,β-unsaturated/α-hetero) is 1. The number of ether oxygens (including phenoxy) is 5. The normalized spacial score (nSPS) is 30.5. The molecule has 11 nitrogen and oxygen atoms in total. The summed E-state index contributed by atoms with van der Waals surface area (Å²) in [5.41, 5.74) is 5.14. The molecule has 3 saturated heterocycles. The SMILES string of the molecule is CCOC1=C([Se]c2ccccc2)C2(OCCO2)C(=O)C2=C1N1C[C@H]3[C@H](N3C(C)=O)[C@]1(OC)[C@@H]2COC(N)=O. The van der Waals surface area contributed by atoms with E-state index in [0.29, 0.717) is 34.7 Å². The first-order valence-corrected chi connectivity index (χ1v) is 14.2. The minimum atomic E-state index is -1.65. The van der Waals surface area contributed by atoms with E-state index in [9.17, 15) is 14.4 Å². The van der Waals surface area contributed by atoms with Crippen molar-refractivity contribution in [2.75, 3.05) is 40.1 Å². The molecule has 0 radical (unpaired) electrons. The van der Waals surface area contributed by atoms with Crippen molar-refractivity contribution >= 4 is 37.2 Å². The number of nitrogens with zero attached hydrogens (tertiary/aromatic N) is 2. The molecule has 0 bridgehead atoms. The number of ketones is 1. The number of primary amides is 1. The molecule has 6 rings (SSSR count). The second-order valence-corrected chi connectivity index (χ2v) is 11.9. The van der Waals surface area contributed by atoms with E-state index >= 15 is 0 Å². The topological polar surface area (TPSA) is 130 Å². The van der Waals surface area contributed by atoms with Crippen molar-refractivity contribution in [3.8, 4) is 0 Å². The summed E-state index contributed by atoms with van der Waals surface area (Å²) in [6, 6.07) is 9.40. The van der Waals surface area contributed by atoms with Crippen molar-refractivity contribution in [2.45, 2.75) is 37.4 Å². The van der Waals surface area contributed by atoms with Crippen molar-refractivity contribution in [3.63, 3.8) is 0 Å². The van der Waals surface area contributed by atoms with Crippen LogP contribution in [-0.2, 0) is 33.3 Å². The van der Waals surface area contributed by atoms with Gasteiger partial charge in [0.1, 0.15) is 0 Å². The Morgan fingerprint density at radius 2 is 1.92 bits per heavy atom. The number of piperazine rings is 1. The van der Waals surface area contributed by atoms with Crippen molar-refractivity contribution in [3.05, 3.63) is 51.8 Å². The minimum absolute atomic E-state index is 0.0885. The average molecular weight is 590 g/mol. The van der Waals surface area contributed by atoms with Gasteiger partial charge in [-0.05, 0) is 0 Å². The summed E-state index contributed by atoms with van der Waals surface area (Å²) in [6.07, 6.45) is -0.967. The van der Waals surface area contributed by atoms with Gasteiger partial charge < -0.3 is 0 Å². The van der Waals surface area contributed by atoms with Crippen LogP contribution in [0.1, 0.15) is 13.8 Å². The summed E-state index contributed by atoms with van der Waals surface area (Å²) >= 11 is -0.379. The Bertz CT molecular complexity index is 1260. The maximum atomic E-state index is 14.5. The molecule has 0 aromatic heterocycles. The fourth-order valence-corrected chi connectivity index (χ4v) is 8.86. The van der Waals surface area contributed by atoms with Crippen LogP contribution in [0.15, 0.2) is 51.8 Å². The molecule has 2 amide bonds. The van der Waals surface area contributed by atoms with Crippen LogP contribution in [0.4, 0.5) is 4.79 Å². The van der Waals surface area contributed by atoms with E-state index in [2.05, 4.69) is 0 Å². The first-order chi connectivity index (χ1) is 18.3. The number of carbonyl (C=O) groups excluding carboxylic acids is 3. The molecule has 3 fully saturated rings. The predicted molar refractivity (Wildman–Crippen MR) is 133 cm³/mol. The average Bonchev–Trinajstić information content (AvgIpc) is 3.18. The van der Waals surface area contributed by atoms with Gasteiger partial charge in [0.15, 0.2) is 0 Å². The second-order valence-electron chi connectivity index (χ2n) is 9.60. The molecule has 4 heterocycles. The third kappa shape index (κ3) is 3.34. The van der Waals surface area contributed by atoms with Crippen molar-refractivity contribution in [1.29, 1.82) is 0 Å². The Hall–Kier alpha value is -2.89. The van der Waals surface area contributed by atoms with Gasteiger partial charge in [0.2, 0.25) is 0 Å². The van der Waals surface area contributed by atoms with E-state index in [0.717, 1.165) is 4.46 Å². The van der Waals surface area contributed by atoms with Gasteiger partial charge in [0.05, 0.1) is 0 Å². The summed E-state index contributed by atoms with van der Waals surface area (Å²) in [5.74, 6) is -2.34. The van der Waals surface area contributed by atoms with Crippen LogP contribution in [-0.4, -0.2) is 106 Å². The first-order valence-electron chi connectivity index (χ1n) is 12.5. The molecule has 1 aliphatic carbocycles. The summed E-state index contributed by atoms with van der Waals surface area (Å²) < 4.78 is 31.8. The second kappa shape index (κ2) is 9.10. The number of carbonyl (C=O) groups is 3. The van der Waals surface area contributed by atoms with E-state index in [1.165, 1.54) is 6.92 Å². The molecule has 0 unspecified atom stereocenters. The maximum absolute atomic E-state index is 14.5. The molecule has 5 aliphatic rings. The van der Waals surface area contributed by atoms with Crippen LogP contribution in [0.2, 0.25) is 0 Å². The summed E-state index contributed by atoms with van der Waals surface area (Å²) in [6.45, 7) is 4.44. The van der Waals surface area contributed by atoms with Crippen LogP contribution < -0.4 is 10.2 Å². The van der Waals surface area contributed by atoms with E-state index < -0.39 is 23.5 Å². The van der Waals surface area contributed by atoms with E-state index in [-0.39, 0.29) is 58.6 Å². The standard InChI is InChI=1S/C26H29N3O8Se/c1-4-34-20-19-18(22(31)26(36-10-11-37-26)23(20)38-15-8-6-5-7-9-15)16(13-35-24(27)32)25(33-3)21-17(12-28(19)25)29(21)14(2)30/h5-9,16-17,21H,4,10-13H2,1-3H3,(H2,27,32)/t16-,17+,21+,25-,29?/m1/s1. The van der Waals surface area contributed by atoms with Gasteiger partial charge in [-0.25, -0.2) is 0 Å². The molecule has 2 N–H and O–H groups in total. The van der Waals surface area contributed by atoms with Crippen LogP contribution >= 0.6 is 0 Å². The summed E-state index contributed by atoms with van der Waals surface area (Å²) in [4.78, 5) is 42.5. The Balaban J connectivity index is 1.56. The molecule has 1 aromatic rings. The fraction of sp³-hybridized carbons (Fsp3) is 0.500. The van der Waals surface area contributed by atoms with Gasteiger partial charge in [0.25, 0.3) is 0 Å². The molecule has 1 spiro atoms. The van der Waals surface area contributed by atoms with Crippen molar-refractivity contribution in [2.24, 2.45) is 11.7 Å². The molecule has 0 saturated carbocycles. The van der Waals surface area contributed by atoms with Crippen LogP contribution in [0.25, 0.3) is 0 Å². The Morgan fingerprint density at radius 1 is 1.21 bits per heavy atom. The van der Waals surface area contributed by atoms with Gasteiger partial charge in [-0.15, -0.1) is 0 Å². The number of hydrogen-bond acceptors (Lipinski definition) is 9. The molecule has 202 valence electrons. The van der Waals surface area contributed by atoms with Gasteiger partial charge in [-0.2, -0.15) is 0 Å². The first kappa shape index (κ1) is 25.4. The molecular formula is C26H29N3O8Se. The molecule has 38 heavy (non-hydrogen) atoms. The zero-order valence-electron chi connectivity index (χ0n) is 21.3. The zero-order chi connectivity index (χ0) is 26.8. The van der Waals surface area contributed by atoms with Gasteiger partial charge >= 0.3 is 226 Å². The number of rotatable bonds is 7. The Labute approximate surface area is 226 Å². The van der Waals surface area contributed by atoms with Crippen LogP contribution in [0.3, 0.4) is 0 Å². The Morgan fingerprint density at radius 3 is 2.53 bits per heavy atom. The molecule has 12 heteroatoms. The number of amides is 2. The third-order valence-corrected chi connectivity index (χ3v) is 10.3. The molecular weight excluding hydrogens is 561 g/mol. The molecule has 4 aliphatic heterocycles. The third-order valence-electron chi connectivity index (χ3n) is 7.81.